The molecule has 100 valence electrons. The van der Waals surface area contributed by atoms with Gasteiger partial charge in [0.2, 0.25) is 0 Å². The molecule has 0 saturated carbocycles. The lowest BCUT2D eigenvalue weighted by molar-refractivity contribution is 0.226. The molecule has 2 aliphatic heterocycles. The molecule has 2 aliphatic rings. The topological polar surface area (TPSA) is 52.7 Å². The molecule has 1 N–H and O–H groups in total. The maximum Gasteiger partial charge on any atom is 0.282 e. The van der Waals surface area contributed by atoms with Gasteiger partial charge in [-0.2, -0.15) is 17.0 Å². The van der Waals surface area contributed by atoms with Crippen molar-refractivity contribution in [3.63, 3.8) is 0 Å². The minimum atomic E-state index is -3.24. The minimum absolute atomic E-state index is 0.0611. The number of hydrogen-bond donors (Lipinski definition) is 1. The van der Waals surface area contributed by atoms with Gasteiger partial charge in [-0.05, 0) is 25.7 Å². The molecule has 0 bridgehead atoms. The van der Waals surface area contributed by atoms with E-state index in [9.17, 15) is 8.42 Å². The fraction of sp³-hybridized carbons (Fsp3) is 1.00. The van der Waals surface area contributed by atoms with E-state index < -0.39 is 10.2 Å². The van der Waals surface area contributed by atoms with Crippen molar-refractivity contribution in [2.24, 2.45) is 5.92 Å². The monoisotopic (exact) mass is 261 g/mol. The van der Waals surface area contributed by atoms with E-state index in [1.165, 1.54) is 0 Å². The molecular formula is C11H23N3O2S. The molecule has 0 aromatic carbocycles. The fourth-order valence-electron chi connectivity index (χ4n) is 2.67. The van der Waals surface area contributed by atoms with Crippen LogP contribution in [0.15, 0.2) is 0 Å². The van der Waals surface area contributed by atoms with Crippen molar-refractivity contribution in [3.05, 3.63) is 0 Å². The maximum absolute atomic E-state index is 12.5. The number of nitrogens with zero attached hydrogens (tertiary/aromatic N) is 2. The molecule has 17 heavy (non-hydrogen) atoms. The van der Waals surface area contributed by atoms with Crippen LogP contribution in [0.1, 0.15) is 26.7 Å². The van der Waals surface area contributed by atoms with E-state index in [2.05, 4.69) is 12.2 Å². The molecular weight excluding hydrogens is 238 g/mol. The second-order valence-electron chi connectivity index (χ2n) is 5.28. The Bertz CT molecular complexity index is 358. The Morgan fingerprint density at radius 3 is 2.65 bits per heavy atom. The Kier molecular flexibility index (Phi) is 4.07. The summed E-state index contributed by atoms with van der Waals surface area (Å²) in [6.45, 7) is 7.56. The fourth-order valence-corrected chi connectivity index (χ4v) is 4.62. The van der Waals surface area contributed by atoms with Crippen molar-refractivity contribution in [1.29, 1.82) is 0 Å². The molecule has 2 rings (SSSR count). The summed E-state index contributed by atoms with van der Waals surface area (Å²) in [6.07, 6.45) is 2.13. The van der Waals surface area contributed by atoms with Crippen LogP contribution < -0.4 is 5.32 Å². The molecule has 0 spiro atoms. The van der Waals surface area contributed by atoms with Crippen LogP contribution in [0, 0.1) is 5.92 Å². The molecule has 5 nitrogen and oxygen atoms in total. The highest BCUT2D eigenvalue weighted by Gasteiger charge is 2.36. The Morgan fingerprint density at radius 2 is 2.00 bits per heavy atom. The number of piperidine rings is 1. The third-order valence-corrected chi connectivity index (χ3v) is 5.80. The van der Waals surface area contributed by atoms with Crippen LogP contribution in [-0.2, 0) is 10.2 Å². The van der Waals surface area contributed by atoms with Crippen LogP contribution in [0.3, 0.4) is 0 Å². The molecule has 0 unspecified atom stereocenters. The number of rotatable bonds is 2. The Hall–Kier alpha value is -0.170. The smallest absolute Gasteiger partial charge is 0.282 e. The van der Waals surface area contributed by atoms with Gasteiger partial charge in [-0.1, -0.05) is 6.92 Å². The molecule has 6 heteroatoms. The van der Waals surface area contributed by atoms with Crippen LogP contribution in [0.2, 0.25) is 0 Å². The zero-order chi connectivity index (χ0) is 12.5. The van der Waals surface area contributed by atoms with E-state index in [-0.39, 0.29) is 6.04 Å². The Morgan fingerprint density at radius 1 is 1.24 bits per heavy atom. The van der Waals surface area contributed by atoms with Crippen LogP contribution in [-0.4, -0.2) is 55.8 Å². The van der Waals surface area contributed by atoms with Gasteiger partial charge < -0.3 is 5.32 Å². The Balaban J connectivity index is 2.11. The van der Waals surface area contributed by atoms with Gasteiger partial charge in [0, 0.05) is 38.8 Å². The number of hydrogen-bond acceptors (Lipinski definition) is 3. The molecule has 0 aromatic heterocycles. The van der Waals surface area contributed by atoms with Crippen LogP contribution in [0.5, 0.6) is 0 Å². The summed E-state index contributed by atoms with van der Waals surface area (Å²) in [4.78, 5) is 0. The average molecular weight is 261 g/mol. The third-order valence-electron chi connectivity index (χ3n) is 3.68. The van der Waals surface area contributed by atoms with Gasteiger partial charge in [0.1, 0.15) is 0 Å². The van der Waals surface area contributed by atoms with Gasteiger partial charge in [0.25, 0.3) is 10.2 Å². The lowest BCUT2D eigenvalue weighted by Gasteiger charge is -2.39. The second kappa shape index (κ2) is 5.22. The standard InChI is InChI=1S/C11H23N3O2S/c1-10-4-3-6-13(9-10)17(15,16)14-7-5-12-8-11(14)2/h10-12H,3-9H2,1-2H3/t10-,11+/m1/s1. The van der Waals surface area contributed by atoms with Gasteiger partial charge >= 0.3 is 0 Å². The molecule has 2 heterocycles. The molecule has 0 amide bonds. The predicted octanol–water partition coefficient (Wildman–Crippen LogP) is 0.257. The van der Waals surface area contributed by atoms with Gasteiger partial charge in [0.05, 0.1) is 0 Å². The van der Waals surface area contributed by atoms with Crippen molar-refractivity contribution in [1.82, 2.24) is 13.9 Å². The summed E-state index contributed by atoms with van der Waals surface area (Å²) in [6, 6.07) is 0.0611. The third kappa shape index (κ3) is 2.81. The van der Waals surface area contributed by atoms with Gasteiger partial charge in [-0.25, -0.2) is 0 Å². The van der Waals surface area contributed by atoms with Crippen molar-refractivity contribution in [2.45, 2.75) is 32.7 Å². The van der Waals surface area contributed by atoms with E-state index in [0.717, 1.165) is 25.9 Å². The zero-order valence-corrected chi connectivity index (χ0v) is 11.5. The highest BCUT2D eigenvalue weighted by Crippen LogP contribution is 2.22. The van der Waals surface area contributed by atoms with Gasteiger partial charge in [-0.15, -0.1) is 0 Å². The molecule has 0 aromatic rings. The first-order valence-electron chi connectivity index (χ1n) is 6.49. The summed E-state index contributed by atoms with van der Waals surface area (Å²) < 4.78 is 28.4. The summed E-state index contributed by atoms with van der Waals surface area (Å²) in [5.41, 5.74) is 0. The van der Waals surface area contributed by atoms with Crippen molar-refractivity contribution < 1.29 is 8.42 Å². The zero-order valence-electron chi connectivity index (χ0n) is 10.7. The highest BCUT2D eigenvalue weighted by atomic mass is 32.2. The second-order valence-corrected chi connectivity index (χ2v) is 7.16. The Labute approximate surface area is 104 Å². The van der Waals surface area contributed by atoms with Crippen molar-refractivity contribution in [3.8, 4) is 0 Å². The van der Waals surface area contributed by atoms with Crippen LogP contribution in [0.4, 0.5) is 0 Å². The van der Waals surface area contributed by atoms with E-state index in [4.69, 9.17) is 0 Å². The SMILES string of the molecule is C[C@@H]1CCCN(S(=O)(=O)N2CCNC[C@@H]2C)C1. The average Bonchev–Trinajstić information content (AvgIpc) is 2.29. The van der Waals surface area contributed by atoms with Crippen molar-refractivity contribution in [2.75, 3.05) is 32.7 Å². The number of piperazine rings is 1. The first kappa shape index (κ1) is 13.3. The van der Waals surface area contributed by atoms with E-state index >= 15 is 0 Å². The largest absolute Gasteiger partial charge is 0.314 e. The molecule has 2 atom stereocenters. The summed E-state index contributed by atoms with van der Waals surface area (Å²) in [7, 11) is -3.24. The first-order valence-corrected chi connectivity index (χ1v) is 7.89. The van der Waals surface area contributed by atoms with Gasteiger partial charge in [-0.3, -0.25) is 0 Å². The predicted molar refractivity (Wildman–Crippen MR) is 67.9 cm³/mol. The van der Waals surface area contributed by atoms with Crippen LogP contribution in [0.25, 0.3) is 0 Å². The summed E-state index contributed by atoms with van der Waals surface area (Å²) in [5, 5.41) is 3.22. The van der Waals surface area contributed by atoms with Crippen LogP contribution >= 0.6 is 0 Å². The first-order chi connectivity index (χ1) is 8.01. The maximum atomic E-state index is 12.5. The minimum Gasteiger partial charge on any atom is -0.314 e. The van der Waals surface area contributed by atoms with E-state index in [1.807, 2.05) is 6.92 Å². The summed E-state index contributed by atoms with van der Waals surface area (Å²) >= 11 is 0. The highest BCUT2D eigenvalue weighted by molar-refractivity contribution is 7.86. The number of nitrogens with one attached hydrogen (secondary N) is 1. The molecule has 0 aliphatic carbocycles. The van der Waals surface area contributed by atoms with Crippen molar-refractivity contribution >= 4 is 10.2 Å². The lowest BCUT2D eigenvalue weighted by atomic mass is 10.0. The van der Waals surface area contributed by atoms with E-state index in [0.29, 0.717) is 25.6 Å². The molecule has 2 saturated heterocycles. The lowest BCUT2D eigenvalue weighted by Crippen LogP contribution is -2.57. The molecule has 2 fully saturated rings. The molecule has 0 radical (unpaired) electrons. The quantitative estimate of drug-likeness (QED) is 0.775. The van der Waals surface area contributed by atoms with E-state index in [1.54, 1.807) is 8.61 Å². The van der Waals surface area contributed by atoms with Gasteiger partial charge in [0.15, 0.2) is 0 Å². The summed E-state index contributed by atoms with van der Waals surface area (Å²) in [5.74, 6) is 0.483. The normalized spacial score (nSPS) is 33.8.